The molecule has 0 radical (unpaired) electrons. The molecule has 1 amide bonds. The molecule has 1 aromatic heterocycles. The van der Waals surface area contributed by atoms with Crippen LogP contribution in [0.3, 0.4) is 0 Å². The third-order valence-electron chi connectivity index (χ3n) is 4.66. The number of hydrogen-bond donors (Lipinski definition) is 2. The Kier molecular flexibility index (Phi) is 6.16. The van der Waals surface area contributed by atoms with Crippen molar-refractivity contribution < 1.29 is 9.53 Å². The molecule has 3 rings (SSSR count). The molecule has 140 valence electrons. The fourth-order valence-electron chi connectivity index (χ4n) is 3.36. The first kappa shape index (κ1) is 18.7. The summed E-state index contributed by atoms with van der Waals surface area (Å²) in [6, 6.07) is 5.20. The Labute approximate surface area is 158 Å². The van der Waals surface area contributed by atoms with Crippen LogP contribution in [0.4, 0.5) is 5.69 Å². The Bertz CT molecular complexity index is 775. The van der Waals surface area contributed by atoms with E-state index in [9.17, 15) is 4.79 Å². The standard InChI is InChI=1S/C19H25ClN4O2/c1-24(11-17-14-6-4-3-5-7-16(14)22-23-17)12-19(25)21-13-8-9-18(26-2)15(20)10-13/h8-10H,3-7,11-12H2,1-2H3,(H,21,25)(H,22,23). The van der Waals surface area contributed by atoms with E-state index in [0.717, 1.165) is 18.5 Å². The van der Waals surface area contributed by atoms with E-state index in [1.807, 2.05) is 11.9 Å². The van der Waals surface area contributed by atoms with Crippen LogP contribution < -0.4 is 10.1 Å². The lowest BCUT2D eigenvalue weighted by molar-refractivity contribution is -0.117. The number of halogens is 1. The van der Waals surface area contributed by atoms with Crippen molar-refractivity contribution in [2.45, 2.75) is 38.6 Å². The van der Waals surface area contributed by atoms with Crippen molar-refractivity contribution in [3.05, 3.63) is 40.2 Å². The Hall–Kier alpha value is -2.05. The highest BCUT2D eigenvalue weighted by Gasteiger charge is 2.17. The lowest BCUT2D eigenvalue weighted by Crippen LogP contribution is -2.30. The third-order valence-corrected chi connectivity index (χ3v) is 4.96. The normalized spacial score (nSPS) is 14.0. The molecule has 2 N–H and O–H groups in total. The summed E-state index contributed by atoms with van der Waals surface area (Å²) in [5.74, 6) is 0.497. The number of rotatable bonds is 6. The van der Waals surface area contributed by atoms with Crippen LogP contribution in [0.5, 0.6) is 5.75 Å². The van der Waals surface area contributed by atoms with Gasteiger partial charge in [-0.3, -0.25) is 14.8 Å². The summed E-state index contributed by atoms with van der Waals surface area (Å²) in [5.41, 5.74) is 4.33. The number of likely N-dealkylation sites (N-methyl/N-ethyl adjacent to an activating group) is 1. The van der Waals surface area contributed by atoms with Gasteiger partial charge >= 0.3 is 0 Å². The largest absolute Gasteiger partial charge is 0.495 e. The smallest absolute Gasteiger partial charge is 0.238 e. The lowest BCUT2D eigenvalue weighted by Gasteiger charge is -2.16. The average molecular weight is 377 g/mol. The van der Waals surface area contributed by atoms with E-state index in [-0.39, 0.29) is 12.5 Å². The molecule has 1 heterocycles. The van der Waals surface area contributed by atoms with Crippen LogP contribution in [0.2, 0.25) is 5.02 Å². The minimum atomic E-state index is -0.0876. The van der Waals surface area contributed by atoms with E-state index in [4.69, 9.17) is 16.3 Å². The monoisotopic (exact) mass is 376 g/mol. The van der Waals surface area contributed by atoms with Crippen molar-refractivity contribution in [2.24, 2.45) is 0 Å². The number of nitrogens with zero attached hydrogens (tertiary/aromatic N) is 2. The summed E-state index contributed by atoms with van der Waals surface area (Å²) in [4.78, 5) is 14.3. The summed E-state index contributed by atoms with van der Waals surface area (Å²) >= 11 is 6.10. The topological polar surface area (TPSA) is 70.2 Å². The maximum absolute atomic E-state index is 12.3. The van der Waals surface area contributed by atoms with Crippen molar-refractivity contribution in [3.8, 4) is 5.75 Å². The van der Waals surface area contributed by atoms with Gasteiger partial charge in [-0.1, -0.05) is 18.0 Å². The maximum Gasteiger partial charge on any atom is 0.238 e. The van der Waals surface area contributed by atoms with Crippen LogP contribution in [-0.4, -0.2) is 41.7 Å². The number of carbonyl (C=O) groups excluding carboxylic acids is 1. The van der Waals surface area contributed by atoms with Crippen LogP contribution in [0, 0.1) is 0 Å². The van der Waals surface area contributed by atoms with Crippen molar-refractivity contribution in [1.29, 1.82) is 0 Å². The second-order valence-electron chi connectivity index (χ2n) is 6.76. The molecule has 0 bridgehead atoms. The highest BCUT2D eigenvalue weighted by atomic mass is 35.5. The molecule has 1 aliphatic carbocycles. The van der Waals surface area contributed by atoms with Gasteiger partial charge in [-0.05, 0) is 56.5 Å². The second kappa shape index (κ2) is 8.56. The number of ether oxygens (including phenoxy) is 1. The molecule has 0 atom stereocenters. The fraction of sp³-hybridized carbons (Fsp3) is 0.474. The highest BCUT2D eigenvalue weighted by Crippen LogP contribution is 2.27. The van der Waals surface area contributed by atoms with Gasteiger partial charge in [0.15, 0.2) is 0 Å². The summed E-state index contributed by atoms with van der Waals surface area (Å²) in [7, 11) is 3.49. The number of fused-ring (bicyclic) bond motifs is 1. The summed E-state index contributed by atoms with van der Waals surface area (Å²) in [5, 5.41) is 11.0. The quantitative estimate of drug-likeness (QED) is 0.758. The van der Waals surface area contributed by atoms with Crippen molar-refractivity contribution in [2.75, 3.05) is 26.0 Å². The SMILES string of the molecule is COc1ccc(NC(=O)CN(C)Cc2n[nH]c3c2CCCCC3)cc1Cl. The Morgan fingerprint density at radius 3 is 2.92 bits per heavy atom. The lowest BCUT2D eigenvalue weighted by atomic mass is 10.1. The zero-order valence-electron chi connectivity index (χ0n) is 15.3. The van der Waals surface area contributed by atoms with E-state index in [1.165, 1.54) is 30.5 Å². The number of amides is 1. The Morgan fingerprint density at radius 1 is 1.35 bits per heavy atom. The number of hydrogen-bond acceptors (Lipinski definition) is 4. The second-order valence-corrected chi connectivity index (χ2v) is 7.17. The number of aromatic amines is 1. The van der Waals surface area contributed by atoms with Crippen LogP contribution in [0.1, 0.15) is 36.2 Å². The predicted molar refractivity (Wildman–Crippen MR) is 103 cm³/mol. The maximum atomic E-state index is 12.3. The molecule has 0 saturated carbocycles. The number of carbonyl (C=O) groups is 1. The molecule has 26 heavy (non-hydrogen) atoms. The minimum absolute atomic E-state index is 0.0876. The first-order valence-electron chi connectivity index (χ1n) is 8.93. The minimum Gasteiger partial charge on any atom is -0.495 e. The molecule has 0 aliphatic heterocycles. The molecular weight excluding hydrogens is 352 g/mol. The van der Waals surface area contributed by atoms with Gasteiger partial charge in [0.2, 0.25) is 5.91 Å². The number of benzene rings is 1. The van der Waals surface area contributed by atoms with E-state index in [2.05, 4.69) is 15.5 Å². The first-order chi connectivity index (χ1) is 12.6. The van der Waals surface area contributed by atoms with E-state index in [0.29, 0.717) is 23.0 Å². The average Bonchev–Trinajstić information content (AvgIpc) is 2.82. The molecule has 2 aromatic rings. The van der Waals surface area contributed by atoms with Crippen LogP contribution in [0.15, 0.2) is 18.2 Å². The Morgan fingerprint density at radius 2 is 2.15 bits per heavy atom. The molecule has 0 unspecified atom stereocenters. The fourth-order valence-corrected chi connectivity index (χ4v) is 3.62. The molecular formula is C19H25ClN4O2. The summed E-state index contributed by atoms with van der Waals surface area (Å²) < 4.78 is 5.12. The molecule has 0 saturated heterocycles. The van der Waals surface area contributed by atoms with Gasteiger partial charge in [0.25, 0.3) is 0 Å². The molecule has 0 fully saturated rings. The summed E-state index contributed by atoms with van der Waals surface area (Å²) in [6.45, 7) is 0.938. The highest BCUT2D eigenvalue weighted by molar-refractivity contribution is 6.32. The molecule has 6 nitrogen and oxygen atoms in total. The van der Waals surface area contributed by atoms with E-state index in [1.54, 1.807) is 25.3 Å². The van der Waals surface area contributed by atoms with Gasteiger partial charge < -0.3 is 10.1 Å². The number of H-pyrrole nitrogens is 1. The molecule has 0 spiro atoms. The van der Waals surface area contributed by atoms with Crippen LogP contribution >= 0.6 is 11.6 Å². The van der Waals surface area contributed by atoms with Gasteiger partial charge in [-0.15, -0.1) is 0 Å². The summed E-state index contributed by atoms with van der Waals surface area (Å²) in [6.07, 6.45) is 5.85. The number of aryl methyl sites for hydroxylation is 1. The van der Waals surface area contributed by atoms with E-state index < -0.39 is 0 Å². The van der Waals surface area contributed by atoms with Gasteiger partial charge in [0.1, 0.15) is 5.75 Å². The van der Waals surface area contributed by atoms with Gasteiger partial charge in [0, 0.05) is 17.9 Å². The van der Waals surface area contributed by atoms with Gasteiger partial charge in [-0.25, -0.2) is 0 Å². The molecule has 1 aromatic carbocycles. The molecule has 7 heteroatoms. The van der Waals surface area contributed by atoms with Crippen molar-refractivity contribution >= 4 is 23.2 Å². The first-order valence-corrected chi connectivity index (χ1v) is 9.31. The van der Waals surface area contributed by atoms with E-state index >= 15 is 0 Å². The Balaban J connectivity index is 1.56. The van der Waals surface area contributed by atoms with Crippen LogP contribution in [-0.2, 0) is 24.2 Å². The van der Waals surface area contributed by atoms with Gasteiger partial charge in [-0.2, -0.15) is 5.10 Å². The molecule has 1 aliphatic rings. The number of aromatic nitrogens is 2. The van der Waals surface area contributed by atoms with Crippen molar-refractivity contribution in [1.82, 2.24) is 15.1 Å². The van der Waals surface area contributed by atoms with Crippen LogP contribution in [0.25, 0.3) is 0 Å². The zero-order valence-corrected chi connectivity index (χ0v) is 16.0. The predicted octanol–water partition coefficient (Wildman–Crippen LogP) is 3.41. The number of methoxy groups -OCH3 is 1. The number of anilines is 1. The number of nitrogens with one attached hydrogen (secondary N) is 2. The van der Waals surface area contributed by atoms with Crippen molar-refractivity contribution in [3.63, 3.8) is 0 Å². The van der Waals surface area contributed by atoms with Gasteiger partial charge in [0.05, 0.1) is 24.4 Å². The third kappa shape index (κ3) is 4.56. The zero-order chi connectivity index (χ0) is 18.5.